The van der Waals surface area contributed by atoms with Crippen molar-refractivity contribution >= 4 is 33.2 Å². The normalized spacial score (nSPS) is 10.1. The summed E-state index contributed by atoms with van der Waals surface area (Å²) in [7, 11) is 0. The van der Waals surface area contributed by atoms with Crippen LogP contribution in [0.4, 0.5) is 5.69 Å². The first-order valence-corrected chi connectivity index (χ1v) is 6.02. The van der Waals surface area contributed by atoms with Crippen LogP contribution in [0.25, 0.3) is 0 Å². The zero-order valence-electron chi connectivity index (χ0n) is 8.45. The topological polar surface area (TPSA) is 24.9 Å². The van der Waals surface area contributed by atoms with Crippen molar-refractivity contribution in [1.29, 1.82) is 0 Å². The number of anilines is 1. The number of nitrogens with one attached hydrogen (secondary N) is 1. The van der Waals surface area contributed by atoms with Crippen molar-refractivity contribution in [1.82, 2.24) is 4.98 Å². The molecule has 16 heavy (non-hydrogen) atoms. The molecule has 4 heteroatoms. The molecule has 0 radical (unpaired) electrons. The van der Waals surface area contributed by atoms with Gasteiger partial charge in [-0.2, -0.15) is 0 Å². The molecule has 82 valence electrons. The van der Waals surface area contributed by atoms with E-state index in [1.165, 1.54) is 5.56 Å². The quantitative estimate of drug-likeness (QED) is 0.862. The van der Waals surface area contributed by atoms with Gasteiger partial charge in [0.2, 0.25) is 0 Å². The van der Waals surface area contributed by atoms with Crippen LogP contribution in [0.2, 0.25) is 5.15 Å². The summed E-state index contributed by atoms with van der Waals surface area (Å²) < 4.78 is 1.09. The number of rotatable bonds is 3. The van der Waals surface area contributed by atoms with Crippen LogP contribution in [0.15, 0.2) is 47.1 Å². The van der Waals surface area contributed by atoms with Crippen LogP contribution in [0, 0.1) is 0 Å². The average Bonchev–Trinajstić information content (AvgIpc) is 2.30. The van der Waals surface area contributed by atoms with Crippen LogP contribution in [-0.2, 0) is 6.54 Å². The van der Waals surface area contributed by atoms with Crippen molar-refractivity contribution in [3.8, 4) is 0 Å². The van der Waals surface area contributed by atoms with Gasteiger partial charge in [-0.1, -0.05) is 45.7 Å². The Labute approximate surface area is 108 Å². The first-order chi connectivity index (χ1) is 7.77. The Bertz CT molecular complexity index is 442. The van der Waals surface area contributed by atoms with Gasteiger partial charge in [0.25, 0.3) is 0 Å². The van der Waals surface area contributed by atoms with Crippen molar-refractivity contribution in [3.05, 3.63) is 57.8 Å². The second-order valence-corrected chi connectivity index (χ2v) is 4.50. The van der Waals surface area contributed by atoms with Gasteiger partial charge in [0.1, 0.15) is 0 Å². The third-order valence-electron chi connectivity index (χ3n) is 2.19. The second kappa shape index (κ2) is 5.32. The van der Waals surface area contributed by atoms with Crippen LogP contribution in [-0.4, -0.2) is 4.98 Å². The van der Waals surface area contributed by atoms with Crippen molar-refractivity contribution in [2.24, 2.45) is 0 Å². The van der Waals surface area contributed by atoms with Gasteiger partial charge in [-0.25, -0.2) is 4.98 Å². The average molecular weight is 298 g/mol. The van der Waals surface area contributed by atoms with E-state index in [0.717, 1.165) is 10.2 Å². The van der Waals surface area contributed by atoms with E-state index >= 15 is 0 Å². The largest absolute Gasteiger partial charge is 0.378 e. The first kappa shape index (κ1) is 11.4. The Morgan fingerprint density at radius 1 is 1.19 bits per heavy atom. The number of halogens is 2. The fourth-order valence-electron chi connectivity index (χ4n) is 1.35. The Hall–Kier alpha value is -1.06. The van der Waals surface area contributed by atoms with E-state index in [2.05, 4.69) is 32.3 Å². The minimum absolute atomic E-state index is 0.495. The predicted molar refractivity (Wildman–Crippen MR) is 70.7 cm³/mol. The van der Waals surface area contributed by atoms with E-state index in [1.807, 2.05) is 30.3 Å². The van der Waals surface area contributed by atoms with Gasteiger partial charge in [0, 0.05) is 17.2 Å². The second-order valence-electron chi connectivity index (χ2n) is 3.29. The molecule has 0 fully saturated rings. The monoisotopic (exact) mass is 296 g/mol. The number of benzene rings is 1. The van der Waals surface area contributed by atoms with Crippen LogP contribution < -0.4 is 5.32 Å². The molecule has 0 saturated heterocycles. The van der Waals surface area contributed by atoms with Crippen LogP contribution >= 0.6 is 27.5 Å². The Morgan fingerprint density at radius 3 is 2.75 bits per heavy atom. The summed E-state index contributed by atoms with van der Waals surface area (Å²) in [6.45, 7) is 0.715. The maximum Gasteiger partial charge on any atom is 0.152 e. The lowest BCUT2D eigenvalue weighted by Gasteiger charge is -2.08. The number of pyridine rings is 1. The molecular formula is C12H10BrClN2. The molecule has 0 aliphatic heterocycles. The molecule has 1 aromatic heterocycles. The molecule has 2 aromatic rings. The van der Waals surface area contributed by atoms with Crippen LogP contribution in [0.3, 0.4) is 0 Å². The fraction of sp³-hybridized carbons (Fsp3) is 0.0833. The summed E-state index contributed by atoms with van der Waals surface area (Å²) in [5.74, 6) is 0. The number of aromatic nitrogens is 1. The SMILES string of the molecule is Clc1ncccc1NCc1ccccc1Br. The highest BCUT2D eigenvalue weighted by Crippen LogP contribution is 2.21. The van der Waals surface area contributed by atoms with E-state index in [-0.39, 0.29) is 0 Å². The Kier molecular flexibility index (Phi) is 3.80. The van der Waals surface area contributed by atoms with Crippen LogP contribution in [0.5, 0.6) is 0 Å². The molecule has 1 N–H and O–H groups in total. The number of hydrogen-bond acceptors (Lipinski definition) is 2. The third kappa shape index (κ3) is 2.74. The van der Waals surface area contributed by atoms with Crippen molar-refractivity contribution in [2.45, 2.75) is 6.54 Å². The van der Waals surface area contributed by atoms with Crippen LogP contribution in [0.1, 0.15) is 5.56 Å². The summed E-state index contributed by atoms with van der Waals surface area (Å²) in [6.07, 6.45) is 1.67. The third-order valence-corrected chi connectivity index (χ3v) is 3.26. The smallest absolute Gasteiger partial charge is 0.152 e. The Balaban J connectivity index is 2.09. The highest BCUT2D eigenvalue weighted by Gasteiger charge is 2.01. The molecule has 0 unspecified atom stereocenters. The van der Waals surface area contributed by atoms with Crippen molar-refractivity contribution < 1.29 is 0 Å². The molecule has 2 rings (SSSR count). The number of hydrogen-bond donors (Lipinski definition) is 1. The van der Waals surface area contributed by atoms with Gasteiger partial charge in [-0.15, -0.1) is 0 Å². The standard InChI is InChI=1S/C12H10BrClN2/c13-10-5-2-1-4-9(10)8-16-11-6-3-7-15-12(11)14/h1-7,16H,8H2. The molecule has 1 heterocycles. The number of nitrogens with zero attached hydrogens (tertiary/aromatic N) is 1. The lowest BCUT2D eigenvalue weighted by atomic mass is 10.2. The molecule has 0 bridgehead atoms. The lowest BCUT2D eigenvalue weighted by Crippen LogP contribution is -2.01. The van der Waals surface area contributed by atoms with Gasteiger partial charge in [-0.05, 0) is 23.8 Å². The Morgan fingerprint density at radius 2 is 2.00 bits per heavy atom. The fourth-order valence-corrected chi connectivity index (χ4v) is 1.96. The van der Waals surface area contributed by atoms with E-state index in [0.29, 0.717) is 11.7 Å². The van der Waals surface area contributed by atoms with Gasteiger partial charge in [-0.3, -0.25) is 0 Å². The zero-order chi connectivity index (χ0) is 11.4. The van der Waals surface area contributed by atoms with Crippen molar-refractivity contribution in [2.75, 3.05) is 5.32 Å². The zero-order valence-corrected chi connectivity index (χ0v) is 10.8. The molecule has 1 aromatic carbocycles. The molecule has 0 atom stereocenters. The van der Waals surface area contributed by atoms with Gasteiger partial charge < -0.3 is 5.32 Å². The summed E-state index contributed by atoms with van der Waals surface area (Å²) >= 11 is 9.44. The summed E-state index contributed by atoms with van der Waals surface area (Å²) in [5.41, 5.74) is 2.03. The van der Waals surface area contributed by atoms with E-state index in [1.54, 1.807) is 6.20 Å². The molecule has 0 aliphatic carbocycles. The highest BCUT2D eigenvalue weighted by atomic mass is 79.9. The van der Waals surface area contributed by atoms with Crippen molar-refractivity contribution in [3.63, 3.8) is 0 Å². The molecule has 0 aliphatic rings. The molecule has 0 saturated carbocycles. The minimum atomic E-state index is 0.495. The summed E-state index contributed by atoms with van der Waals surface area (Å²) in [5, 5.41) is 3.74. The minimum Gasteiger partial charge on any atom is -0.378 e. The summed E-state index contributed by atoms with van der Waals surface area (Å²) in [4.78, 5) is 4.01. The van der Waals surface area contributed by atoms with Gasteiger partial charge in [0.15, 0.2) is 5.15 Å². The molecular weight excluding hydrogens is 288 g/mol. The predicted octanol–water partition coefficient (Wildman–Crippen LogP) is 4.11. The molecule has 2 nitrogen and oxygen atoms in total. The molecule has 0 spiro atoms. The highest BCUT2D eigenvalue weighted by molar-refractivity contribution is 9.10. The maximum absolute atomic E-state index is 5.94. The van der Waals surface area contributed by atoms with E-state index < -0.39 is 0 Å². The lowest BCUT2D eigenvalue weighted by molar-refractivity contribution is 1.13. The van der Waals surface area contributed by atoms with Gasteiger partial charge >= 0.3 is 0 Å². The molecule has 0 amide bonds. The first-order valence-electron chi connectivity index (χ1n) is 4.85. The summed E-state index contributed by atoms with van der Waals surface area (Å²) in [6, 6.07) is 11.8. The van der Waals surface area contributed by atoms with Gasteiger partial charge in [0.05, 0.1) is 5.69 Å². The van der Waals surface area contributed by atoms with E-state index in [9.17, 15) is 0 Å². The van der Waals surface area contributed by atoms with E-state index in [4.69, 9.17) is 11.6 Å². The maximum atomic E-state index is 5.94.